The van der Waals surface area contributed by atoms with Crippen LogP contribution in [0, 0.1) is 0 Å². The van der Waals surface area contributed by atoms with Gasteiger partial charge < -0.3 is 10.1 Å². The van der Waals surface area contributed by atoms with E-state index in [1.54, 1.807) is 7.11 Å². The second-order valence-corrected chi connectivity index (χ2v) is 4.72. The van der Waals surface area contributed by atoms with Gasteiger partial charge in [-0.2, -0.15) is 0 Å². The van der Waals surface area contributed by atoms with E-state index >= 15 is 0 Å². The van der Waals surface area contributed by atoms with Crippen LogP contribution in [0.25, 0.3) is 0 Å². The molecule has 0 radical (unpaired) electrons. The van der Waals surface area contributed by atoms with Crippen LogP contribution in [-0.4, -0.2) is 25.3 Å². The van der Waals surface area contributed by atoms with Crippen molar-refractivity contribution in [3.05, 3.63) is 29.8 Å². The molecule has 0 heterocycles. The number of ketones is 1. The largest absolute Gasteiger partial charge is 0.496 e. The predicted molar refractivity (Wildman–Crippen MR) is 67.6 cm³/mol. The van der Waals surface area contributed by atoms with Crippen LogP contribution in [-0.2, 0) is 15.0 Å². The lowest BCUT2D eigenvalue weighted by molar-refractivity contribution is -0.136. The van der Waals surface area contributed by atoms with Crippen molar-refractivity contribution in [2.75, 3.05) is 13.7 Å². The number of carbonyl (C=O) groups is 2. The van der Waals surface area contributed by atoms with Crippen LogP contribution in [0.1, 0.15) is 25.3 Å². The first-order valence-electron chi connectivity index (χ1n) is 6.01. The molecule has 0 spiro atoms. The average Bonchev–Trinajstić information content (AvgIpc) is 3.17. The Balaban J connectivity index is 2.12. The van der Waals surface area contributed by atoms with Crippen LogP contribution in [0.4, 0.5) is 0 Å². The van der Waals surface area contributed by atoms with E-state index < -0.39 is 11.7 Å². The van der Waals surface area contributed by atoms with E-state index in [1.165, 1.54) is 6.92 Å². The number of hydrogen-bond acceptors (Lipinski definition) is 3. The summed E-state index contributed by atoms with van der Waals surface area (Å²) < 4.78 is 5.35. The number of carbonyl (C=O) groups excluding carboxylic acids is 2. The van der Waals surface area contributed by atoms with Gasteiger partial charge in [-0.1, -0.05) is 18.2 Å². The average molecular weight is 247 g/mol. The summed E-state index contributed by atoms with van der Waals surface area (Å²) in [6.45, 7) is 1.77. The second-order valence-electron chi connectivity index (χ2n) is 4.72. The number of methoxy groups -OCH3 is 1. The molecular formula is C14H17NO3. The minimum absolute atomic E-state index is 0.0578. The molecular weight excluding hydrogens is 230 g/mol. The van der Waals surface area contributed by atoms with Crippen molar-refractivity contribution in [1.29, 1.82) is 0 Å². The Morgan fingerprint density at radius 3 is 2.56 bits per heavy atom. The number of para-hydroxylation sites is 1. The van der Waals surface area contributed by atoms with Gasteiger partial charge in [0.05, 0.1) is 7.11 Å². The summed E-state index contributed by atoms with van der Waals surface area (Å²) >= 11 is 0. The number of hydrogen-bond donors (Lipinski definition) is 1. The van der Waals surface area contributed by atoms with Gasteiger partial charge in [-0.3, -0.25) is 9.59 Å². The second kappa shape index (κ2) is 4.80. The number of amides is 1. The Morgan fingerprint density at radius 2 is 2.00 bits per heavy atom. The smallest absolute Gasteiger partial charge is 0.287 e. The Bertz CT molecular complexity index is 478. The molecule has 1 aliphatic carbocycles. The molecule has 1 aromatic rings. The van der Waals surface area contributed by atoms with Crippen molar-refractivity contribution >= 4 is 11.7 Å². The van der Waals surface area contributed by atoms with Crippen molar-refractivity contribution in [3.8, 4) is 5.75 Å². The molecule has 1 aliphatic rings. The lowest BCUT2D eigenvalue weighted by Gasteiger charge is -2.19. The maximum Gasteiger partial charge on any atom is 0.287 e. The van der Waals surface area contributed by atoms with Crippen molar-refractivity contribution in [1.82, 2.24) is 5.32 Å². The standard InChI is InChI=1S/C14H17NO3/c1-10(16)13(17)15-9-14(7-8-14)11-5-3-4-6-12(11)18-2/h3-6H,7-9H2,1-2H3,(H,15,17). The molecule has 0 aromatic heterocycles. The summed E-state index contributed by atoms with van der Waals surface area (Å²) in [5.41, 5.74) is 1.05. The molecule has 2 rings (SSSR count). The quantitative estimate of drug-likeness (QED) is 0.801. The number of benzene rings is 1. The van der Waals surface area contributed by atoms with Crippen LogP contribution in [0.15, 0.2) is 24.3 Å². The molecule has 18 heavy (non-hydrogen) atoms. The molecule has 0 aliphatic heterocycles. The van der Waals surface area contributed by atoms with E-state index in [0.717, 1.165) is 24.2 Å². The third-order valence-corrected chi connectivity index (χ3v) is 3.44. The van der Waals surface area contributed by atoms with Crippen LogP contribution >= 0.6 is 0 Å². The maximum atomic E-state index is 11.3. The Hall–Kier alpha value is -1.84. The summed E-state index contributed by atoms with van der Waals surface area (Å²) in [6, 6.07) is 7.82. The lowest BCUT2D eigenvalue weighted by atomic mass is 9.95. The summed E-state index contributed by atoms with van der Waals surface area (Å²) in [5.74, 6) is -0.130. The SMILES string of the molecule is COc1ccccc1C1(CNC(=O)C(C)=O)CC1. The molecule has 96 valence electrons. The van der Waals surface area contributed by atoms with Gasteiger partial charge >= 0.3 is 0 Å². The third kappa shape index (κ3) is 2.37. The van der Waals surface area contributed by atoms with E-state index in [1.807, 2.05) is 24.3 Å². The normalized spacial score (nSPS) is 15.9. The van der Waals surface area contributed by atoms with Crippen molar-refractivity contribution in [3.63, 3.8) is 0 Å². The van der Waals surface area contributed by atoms with E-state index in [4.69, 9.17) is 4.74 Å². The van der Waals surface area contributed by atoms with Gasteiger partial charge in [-0.05, 0) is 18.9 Å². The van der Waals surface area contributed by atoms with Crippen molar-refractivity contribution < 1.29 is 14.3 Å². The highest BCUT2D eigenvalue weighted by Crippen LogP contribution is 2.50. The molecule has 1 amide bonds. The molecule has 0 unspecified atom stereocenters. The molecule has 0 bridgehead atoms. The van der Waals surface area contributed by atoms with Gasteiger partial charge in [0.1, 0.15) is 5.75 Å². The number of rotatable bonds is 5. The first-order valence-corrected chi connectivity index (χ1v) is 6.01. The van der Waals surface area contributed by atoms with Crippen molar-refractivity contribution in [2.24, 2.45) is 0 Å². The van der Waals surface area contributed by atoms with E-state index in [9.17, 15) is 9.59 Å². The van der Waals surface area contributed by atoms with Gasteiger partial charge in [0.2, 0.25) is 5.78 Å². The van der Waals surface area contributed by atoms with Crippen LogP contribution in [0.3, 0.4) is 0 Å². The van der Waals surface area contributed by atoms with E-state index in [-0.39, 0.29) is 5.41 Å². The van der Waals surface area contributed by atoms with E-state index in [0.29, 0.717) is 6.54 Å². The Morgan fingerprint density at radius 1 is 1.33 bits per heavy atom. The summed E-state index contributed by atoms with van der Waals surface area (Å²) in [7, 11) is 1.64. The fourth-order valence-electron chi connectivity index (χ4n) is 2.15. The number of nitrogens with one attached hydrogen (secondary N) is 1. The van der Waals surface area contributed by atoms with Crippen LogP contribution < -0.4 is 10.1 Å². The third-order valence-electron chi connectivity index (χ3n) is 3.44. The lowest BCUT2D eigenvalue weighted by Crippen LogP contribution is -2.35. The molecule has 4 nitrogen and oxygen atoms in total. The summed E-state index contributed by atoms with van der Waals surface area (Å²) in [5, 5.41) is 2.69. The van der Waals surface area contributed by atoms with Gasteiger partial charge in [-0.25, -0.2) is 0 Å². The predicted octanol–water partition coefficient (Wildman–Crippen LogP) is 1.43. The molecule has 1 N–H and O–H groups in total. The van der Waals surface area contributed by atoms with Crippen LogP contribution in [0.2, 0.25) is 0 Å². The van der Waals surface area contributed by atoms with Crippen molar-refractivity contribution in [2.45, 2.75) is 25.2 Å². The molecule has 4 heteroatoms. The first-order chi connectivity index (χ1) is 8.59. The Kier molecular flexibility index (Phi) is 3.36. The zero-order valence-corrected chi connectivity index (χ0v) is 10.7. The molecule has 0 atom stereocenters. The molecule has 1 saturated carbocycles. The fourth-order valence-corrected chi connectivity index (χ4v) is 2.15. The minimum atomic E-state index is -0.517. The van der Waals surface area contributed by atoms with Crippen LogP contribution in [0.5, 0.6) is 5.75 Å². The number of ether oxygens (including phenoxy) is 1. The first kappa shape index (κ1) is 12.6. The fraction of sp³-hybridized carbons (Fsp3) is 0.429. The minimum Gasteiger partial charge on any atom is -0.496 e. The highest BCUT2D eigenvalue weighted by atomic mass is 16.5. The number of Topliss-reactive ketones (excluding diaryl/α,β-unsaturated/α-hetero) is 1. The monoisotopic (exact) mass is 247 g/mol. The molecule has 1 aromatic carbocycles. The highest BCUT2D eigenvalue weighted by Gasteiger charge is 2.46. The van der Waals surface area contributed by atoms with Gasteiger partial charge in [-0.15, -0.1) is 0 Å². The summed E-state index contributed by atoms with van der Waals surface area (Å²) in [6.07, 6.45) is 2.01. The molecule has 0 saturated heterocycles. The molecule has 1 fully saturated rings. The zero-order valence-electron chi connectivity index (χ0n) is 10.7. The Labute approximate surface area is 106 Å². The maximum absolute atomic E-state index is 11.3. The highest BCUT2D eigenvalue weighted by molar-refractivity contribution is 6.35. The summed E-state index contributed by atoms with van der Waals surface area (Å²) in [4.78, 5) is 22.2. The zero-order chi connectivity index (χ0) is 13.2. The topological polar surface area (TPSA) is 55.4 Å². The van der Waals surface area contributed by atoms with E-state index in [2.05, 4.69) is 5.32 Å². The van der Waals surface area contributed by atoms with Gasteiger partial charge in [0.25, 0.3) is 5.91 Å². The van der Waals surface area contributed by atoms with Gasteiger partial charge in [0.15, 0.2) is 0 Å². The van der Waals surface area contributed by atoms with Gasteiger partial charge in [0, 0.05) is 24.4 Å².